The van der Waals surface area contributed by atoms with E-state index >= 15 is 0 Å². The third kappa shape index (κ3) is 3.86. The largest absolute Gasteiger partial charge is 0.351 e. The molecular weight excluding hydrogens is 326 g/mol. The Morgan fingerprint density at radius 3 is 2.71 bits per heavy atom. The first kappa shape index (κ1) is 16.3. The second kappa shape index (κ2) is 7.35. The Bertz CT molecular complexity index is 771. The van der Waals surface area contributed by atoms with Gasteiger partial charge in [0.05, 0.1) is 16.9 Å². The molecule has 1 aliphatic carbocycles. The van der Waals surface area contributed by atoms with Gasteiger partial charge in [0.25, 0.3) is 0 Å². The van der Waals surface area contributed by atoms with Crippen molar-refractivity contribution in [2.45, 2.75) is 25.3 Å². The van der Waals surface area contributed by atoms with Crippen LogP contribution in [0, 0.1) is 0 Å². The lowest BCUT2D eigenvalue weighted by atomic mass is 9.93. The van der Waals surface area contributed by atoms with Gasteiger partial charge in [0.2, 0.25) is 11.9 Å². The molecule has 8 heteroatoms. The fourth-order valence-electron chi connectivity index (χ4n) is 2.24. The highest BCUT2D eigenvalue weighted by Gasteiger charge is 2.19. The average Bonchev–Trinajstić information content (AvgIpc) is 2.52. The second-order valence-electron chi connectivity index (χ2n) is 5.41. The van der Waals surface area contributed by atoms with Crippen LogP contribution in [0.1, 0.15) is 25.1 Å². The van der Waals surface area contributed by atoms with Crippen molar-refractivity contribution in [3.8, 4) is 0 Å². The molecule has 3 rings (SSSR count). The van der Waals surface area contributed by atoms with Crippen LogP contribution in [-0.2, 0) is 0 Å². The molecule has 1 saturated carbocycles. The molecule has 2 heterocycles. The molecule has 0 saturated heterocycles. The van der Waals surface area contributed by atoms with Crippen molar-refractivity contribution in [2.75, 3.05) is 17.7 Å². The van der Waals surface area contributed by atoms with E-state index < -0.39 is 0 Å². The van der Waals surface area contributed by atoms with E-state index in [0.29, 0.717) is 40.2 Å². The number of allylic oxidation sites excluding steroid dienone is 1. The number of aromatic nitrogens is 4. The Kier molecular flexibility index (Phi) is 5.00. The van der Waals surface area contributed by atoms with Crippen molar-refractivity contribution in [1.82, 2.24) is 19.9 Å². The fraction of sp³-hybridized carbons (Fsp3) is 0.312. The van der Waals surface area contributed by atoms with Crippen LogP contribution in [0.25, 0.3) is 0 Å². The Balaban J connectivity index is 1.92. The van der Waals surface area contributed by atoms with E-state index in [-0.39, 0.29) is 0 Å². The minimum atomic E-state index is 0.397. The molecule has 2 aromatic rings. The molecule has 2 aromatic heterocycles. The summed E-state index contributed by atoms with van der Waals surface area (Å²) >= 11 is 5.96. The van der Waals surface area contributed by atoms with Gasteiger partial charge in [0.1, 0.15) is 5.71 Å². The van der Waals surface area contributed by atoms with E-state index in [4.69, 9.17) is 11.6 Å². The number of aliphatic imine (C=N–C) groups is 1. The van der Waals surface area contributed by atoms with Crippen LogP contribution in [0.3, 0.4) is 0 Å². The zero-order valence-corrected chi connectivity index (χ0v) is 14.1. The Morgan fingerprint density at radius 1 is 1.29 bits per heavy atom. The topological polar surface area (TPSA) is 88.0 Å². The third-order valence-electron chi connectivity index (χ3n) is 3.70. The van der Waals surface area contributed by atoms with Gasteiger partial charge in [-0.3, -0.25) is 9.98 Å². The van der Waals surface area contributed by atoms with Gasteiger partial charge in [-0.2, -0.15) is 15.0 Å². The van der Waals surface area contributed by atoms with Gasteiger partial charge in [0, 0.05) is 19.3 Å². The highest BCUT2D eigenvalue weighted by atomic mass is 35.5. The van der Waals surface area contributed by atoms with E-state index in [1.807, 2.05) is 0 Å². The summed E-state index contributed by atoms with van der Waals surface area (Å²) in [5.41, 5.74) is 1.30. The quantitative estimate of drug-likeness (QED) is 0.783. The van der Waals surface area contributed by atoms with E-state index in [0.717, 1.165) is 12.8 Å². The number of rotatable bonds is 6. The summed E-state index contributed by atoms with van der Waals surface area (Å²) in [7, 11) is 1.67. The summed E-state index contributed by atoms with van der Waals surface area (Å²) in [5, 5.41) is 6.96. The van der Waals surface area contributed by atoms with Crippen LogP contribution in [0.5, 0.6) is 0 Å². The Hall–Kier alpha value is -2.54. The van der Waals surface area contributed by atoms with Gasteiger partial charge in [-0.15, -0.1) is 0 Å². The van der Waals surface area contributed by atoms with Crippen molar-refractivity contribution >= 4 is 34.9 Å². The number of nitrogens with one attached hydrogen (secondary N) is 2. The highest BCUT2D eigenvalue weighted by Crippen LogP contribution is 2.23. The molecule has 0 radical (unpaired) electrons. The van der Waals surface area contributed by atoms with E-state index in [9.17, 15) is 0 Å². The summed E-state index contributed by atoms with van der Waals surface area (Å²) in [6.07, 6.45) is 8.30. The Labute approximate surface area is 145 Å². The van der Waals surface area contributed by atoms with Crippen molar-refractivity contribution in [2.24, 2.45) is 4.99 Å². The number of halogens is 1. The van der Waals surface area contributed by atoms with Crippen LogP contribution in [0.4, 0.5) is 17.6 Å². The second-order valence-corrected chi connectivity index (χ2v) is 5.84. The maximum Gasteiger partial charge on any atom is 0.232 e. The Morgan fingerprint density at radius 2 is 2.08 bits per heavy atom. The monoisotopic (exact) mass is 343 g/mol. The maximum absolute atomic E-state index is 5.96. The third-order valence-corrected chi connectivity index (χ3v) is 3.90. The summed E-state index contributed by atoms with van der Waals surface area (Å²) in [5.74, 6) is 1.38. The van der Waals surface area contributed by atoms with Gasteiger partial charge in [-0.05, 0) is 31.4 Å². The molecule has 0 unspecified atom stereocenters. The molecule has 124 valence electrons. The van der Waals surface area contributed by atoms with Gasteiger partial charge < -0.3 is 10.6 Å². The normalized spacial score (nSPS) is 14.8. The van der Waals surface area contributed by atoms with Crippen LogP contribution in [-0.4, -0.2) is 38.7 Å². The summed E-state index contributed by atoms with van der Waals surface area (Å²) in [6.45, 7) is 3.75. The first-order chi connectivity index (χ1) is 11.7. The molecule has 1 aliphatic rings. The predicted octanol–water partition coefficient (Wildman–Crippen LogP) is 3.23. The van der Waals surface area contributed by atoms with E-state index in [2.05, 4.69) is 42.1 Å². The SMILES string of the molecule is C=CC(=NC)c1nc(Nc2cncc(Cl)c2)nc(NC2CCC2)n1. The van der Waals surface area contributed by atoms with Crippen LogP contribution in [0.2, 0.25) is 5.02 Å². The fourth-order valence-corrected chi connectivity index (χ4v) is 2.41. The summed E-state index contributed by atoms with van der Waals surface area (Å²) < 4.78 is 0. The van der Waals surface area contributed by atoms with Gasteiger partial charge in [0.15, 0.2) is 5.82 Å². The van der Waals surface area contributed by atoms with Crippen LogP contribution in [0.15, 0.2) is 36.1 Å². The van der Waals surface area contributed by atoms with Crippen molar-refractivity contribution in [1.29, 1.82) is 0 Å². The number of hydrogen-bond donors (Lipinski definition) is 2. The molecular formula is C16H18ClN7. The molecule has 0 aliphatic heterocycles. The first-order valence-corrected chi connectivity index (χ1v) is 8.05. The molecule has 0 atom stereocenters. The standard InChI is InChI=1S/C16H18ClN7/c1-3-13(18-2)14-22-15(20-11-5-4-6-11)24-16(23-14)21-12-7-10(17)8-19-9-12/h3,7-9,11H,1,4-6H2,2H3,(H2,20,21,22,23,24). The average molecular weight is 344 g/mol. The zero-order chi connectivity index (χ0) is 16.9. The first-order valence-electron chi connectivity index (χ1n) is 7.67. The van der Waals surface area contributed by atoms with Crippen LogP contribution < -0.4 is 10.6 Å². The molecule has 7 nitrogen and oxygen atoms in total. The van der Waals surface area contributed by atoms with Crippen molar-refractivity contribution in [3.63, 3.8) is 0 Å². The lowest BCUT2D eigenvalue weighted by Crippen LogP contribution is -2.28. The molecule has 0 aromatic carbocycles. The number of anilines is 3. The van der Waals surface area contributed by atoms with E-state index in [1.54, 1.807) is 31.6 Å². The molecule has 24 heavy (non-hydrogen) atoms. The summed E-state index contributed by atoms with van der Waals surface area (Å²) in [6, 6.07) is 2.16. The molecule has 2 N–H and O–H groups in total. The lowest BCUT2D eigenvalue weighted by Gasteiger charge is -2.26. The van der Waals surface area contributed by atoms with Crippen LogP contribution >= 0.6 is 11.6 Å². The molecule has 0 amide bonds. The molecule has 1 fully saturated rings. The zero-order valence-electron chi connectivity index (χ0n) is 13.3. The highest BCUT2D eigenvalue weighted by molar-refractivity contribution is 6.30. The van der Waals surface area contributed by atoms with Gasteiger partial charge >= 0.3 is 0 Å². The number of nitrogens with zero attached hydrogens (tertiary/aromatic N) is 5. The van der Waals surface area contributed by atoms with Crippen molar-refractivity contribution in [3.05, 3.63) is 42.0 Å². The smallest absolute Gasteiger partial charge is 0.232 e. The van der Waals surface area contributed by atoms with Crippen molar-refractivity contribution < 1.29 is 0 Å². The minimum Gasteiger partial charge on any atom is -0.351 e. The predicted molar refractivity (Wildman–Crippen MR) is 96.3 cm³/mol. The van der Waals surface area contributed by atoms with E-state index in [1.165, 1.54) is 6.42 Å². The summed E-state index contributed by atoms with van der Waals surface area (Å²) in [4.78, 5) is 21.5. The number of hydrogen-bond acceptors (Lipinski definition) is 7. The minimum absolute atomic E-state index is 0.397. The van der Waals surface area contributed by atoms with Gasteiger partial charge in [-0.1, -0.05) is 18.2 Å². The lowest BCUT2D eigenvalue weighted by molar-refractivity contribution is 0.443. The number of pyridine rings is 1. The maximum atomic E-state index is 5.96. The molecule has 0 bridgehead atoms. The molecule has 0 spiro atoms. The van der Waals surface area contributed by atoms with Gasteiger partial charge in [-0.25, -0.2) is 0 Å².